The summed E-state index contributed by atoms with van der Waals surface area (Å²) in [7, 11) is 1.62. The quantitative estimate of drug-likeness (QED) is 0.429. The van der Waals surface area contributed by atoms with Crippen LogP contribution in [0.25, 0.3) is 0 Å². The molecule has 17 heavy (non-hydrogen) atoms. The van der Waals surface area contributed by atoms with E-state index in [1.54, 1.807) is 14.0 Å². The molecule has 0 radical (unpaired) electrons. The van der Waals surface area contributed by atoms with Crippen molar-refractivity contribution in [2.45, 2.75) is 45.8 Å². The maximum Gasteiger partial charge on any atom is 0.335 e. The van der Waals surface area contributed by atoms with Gasteiger partial charge in [0.05, 0.1) is 0 Å². The summed E-state index contributed by atoms with van der Waals surface area (Å²) in [5.41, 5.74) is 0.418. The second kappa shape index (κ2) is 4.45. The van der Waals surface area contributed by atoms with Crippen molar-refractivity contribution in [2.24, 2.45) is 17.3 Å². The molecular formula is C14H22O3. The monoisotopic (exact) mass is 238 g/mol. The summed E-state index contributed by atoms with van der Waals surface area (Å²) in [6.07, 6.45) is 4.51. The molecule has 0 aromatic carbocycles. The molecule has 3 heteroatoms. The van der Waals surface area contributed by atoms with Gasteiger partial charge in [-0.3, -0.25) is 0 Å². The minimum absolute atomic E-state index is 0.0111. The van der Waals surface area contributed by atoms with Crippen LogP contribution >= 0.6 is 0 Å². The SMILES string of the molecule is C=C(C)C(=O)OC(OC)C1(C)CC2CCC1C2. The first-order valence-electron chi connectivity index (χ1n) is 6.36. The molecule has 0 N–H and O–H groups in total. The standard InChI is InChI=1S/C14H22O3/c1-9(2)12(15)17-13(16-4)14(3)8-10-5-6-11(14)7-10/h10-11,13H,1,5-8H2,2-4H3. The van der Waals surface area contributed by atoms with Gasteiger partial charge in [0, 0.05) is 18.1 Å². The molecule has 0 spiro atoms. The topological polar surface area (TPSA) is 35.5 Å². The minimum Gasteiger partial charge on any atom is -0.432 e. The summed E-state index contributed by atoms with van der Waals surface area (Å²) in [4.78, 5) is 11.6. The highest BCUT2D eigenvalue weighted by Crippen LogP contribution is 2.58. The van der Waals surface area contributed by atoms with E-state index in [-0.39, 0.29) is 11.4 Å². The summed E-state index contributed by atoms with van der Waals surface area (Å²) in [5.74, 6) is 1.09. The maximum atomic E-state index is 11.6. The van der Waals surface area contributed by atoms with Gasteiger partial charge in [-0.05, 0) is 38.0 Å². The molecule has 0 amide bonds. The average Bonchev–Trinajstić information content (AvgIpc) is 2.85. The van der Waals surface area contributed by atoms with E-state index in [2.05, 4.69) is 13.5 Å². The Morgan fingerprint density at radius 1 is 1.47 bits per heavy atom. The number of methoxy groups -OCH3 is 1. The summed E-state index contributed by atoms with van der Waals surface area (Å²) in [5, 5.41) is 0. The van der Waals surface area contributed by atoms with Crippen molar-refractivity contribution < 1.29 is 14.3 Å². The van der Waals surface area contributed by atoms with Crippen molar-refractivity contribution in [3.63, 3.8) is 0 Å². The summed E-state index contributed by atoms with van der Waals surface area (Å²) < 4.78 is 10.9. The predicted molar refractivity (Wildman–Crippen MR) is 65.3 cm³/mol. The lowest BCUT2D eigenvalue weighted by atomic mass is 9.74. The van der Waals surface area contributed by atoms with Gasteiger partial charge >= 0.3 is 5.97 Å². The van der Waals surface area contributed by atoms with Crippen LogP contribution in [0.3, 0.4) is 0 Å². The van der Waals surface area contributed by atoms with Gasteiger partial charge in [0.2, 0.25) is 6.29 Å². The maximum absolute atomic E-state index is 11.6. The third-order valence-electron chi connectivity index (χ3n) is 4.52. The van der Waals surface area contributed by atoms with E-state index in [1.165, 1.54) is 19.3 Å². The van der Waals surface area contributed by atoms with Crippen molar-refractivity contribution in [1.29, 1.82) is 0 Å². The Balaban J connectivity index is 2.08. The molecule has 4 unspecified atom stereocenters. The highest BCUT2D eigenvalue weighted by molar-refractivity contribution is 5.87. The third kappa shape index (κ3) is 2.13. The van der Waals surface area contributed by atoms with E-state index in [0.717, 1.165) is 12.3 Å². The van der Waals surface area contributed by atoms with Crippen LogP contribution in [0, 0.1) is 17.3 Å². The fourth-order valence-corrected chi connectivity index (χ4v) is 3.59. The first-order chi connectivity index (χ1) is 7.97. The second-order valence-corrected chi connectivity index (χ2v) is 5.84. The lowest BCUT2D eigenvalue weighted by Crippen LogP contribution is -2.41. The fourth-order valence-electron chi connectivity index (χ4n) is 3.59. The van der Waals surface area contributed by atoms with Crippen LogP contribution in [0.15, 0.2) is 12.2 Å². The van der Waals surface area contributed by atoms with Gasteiger partial charge in [-0.15, -0.1) is 0 Å². The lowest BCUT2D eigenvalue weighted by Gasteiger charge is -2.39. The van der Waals surface area contributed by atoms with Gasteiger partial charge in [0.15, 0.2) is 0 Å². The molecule has 0 aromatic heterocycles. The van der Waals surface area contributed by atoms with Crippen molar-refractivity contribution >= 4 is 5.97 Å². The van der Waals surface area contributed by atoms with E-state index in [9.17, 15) is 4.79 Å². The summed E-state index contributed by atoms with van der Waals surface area (Å²) >= 11 is 0. The molecule has 2 bridgehead atoms. The summed E-state index contributed by atoms with van der Waals surface area (Å²) in [6.45, 7) is 7.47. The van der Waals surface area contributed by atoms with Crippen molar-refractivity contribution in [3.05, 3.63) is 12.2 Å². The molecule has 0 heterocycles. The van der Waals surface area contributed by atoms with Gasteiger partial charge < -0.3 is 9.47 Å². The normalized spacial score (nSPS) is 36.9. The second-order valence-electron chi connectivity index (χ2n) is 5.84. The Kier molecular flexibility index (Phi) is 3.30. The third-order valence-corrected chi connectivity index (χ3v) is 4.52. The molecule has 2 rings (SSSR count). The largest absolute Gasteiger partial charge is 0.432 e. The predicted octanol–water partition coefficient (Wildman–Crippen LogP) is 2.90. The molecule has 4 atom stereocenters. The molecule has 3 nitrogen and oxygen atoms in total. The molecule has 2 aliphatic rings. The Labute approximate surface area is 103 Å². The van der Waals surface area contributed by atoms with Crippen LogP contribution in [0.4, 0.5) is 0 Å². The molecule has 2 aliphatic carbocycles. The van der Waals surface area contributed by atoms with Crippen molar-refractivity contribution in [1.82, 2.24) is 0 Å². The van der Waals surface area contributed by atoms with Crippen LogP contribution in [-0.4, -0.2) is 19.4 Å². The molecule has 0 aliphatic heterocycles. The van der Waals surface area contributed by atoms with Crippen LogP contribution in [-0.2, 0) is 14.3 Å². The molecule has 0 saturated heterocycles. The van der Waals surface area contributed by atoms with Crippen LogP contribution in [0.2, 0.25) is 0 Å². The van der Waals surface area contributed by atoms with E-state index < -0.39 is 6.29 Å². The number of rotatable bonds is 4. The Hall–Kier alpha value is -0.830. The highest BCUT2D eigenvalue weighted by Gasteiger charge is 2.53. The number of hydrogen-bond donors (Lipinski definition) is 0. The molecule has 96 valence electrons. The number of esters is 1. The van der Waals surface area contributed by atoms with Crippen molar-refractivity contribution in [3.8, 4) is 0 Å². The van der Waals surface area contributed by atoms with E-state index in [1.807, 2.05) is 0 Å². The van der Waals surface area contributed by atoms with Gasteiger partial charge in [0.25, 0.3) is 0 Å². The smallest absolute Gasteiger partial charge is 0.335 e. The van der Waals surface area contributed by atoms with E-state index >= 15 is 0 Å². The zero-order valence-electron chi connectivity index (χ0n) is 11.0. The van der Waals surface area contributed by atoms with Crippen LogP contribution in [0.5, 0.6) is 0 Å². The zero-order chi connectivity index (χ0) is 12.6. The van der Waals surface area contributed by atoms with E-state index in [4.69, 9.17) is 9.47 Å². The zero-order valence-corrected chi connectivity index (χ0v) is 11.0. The summed E-state index contributed by atoms with van der Waals surface area (Å²) in [6, 6.07) is 0. The first kappa shape index (κ1) is 12.6. The Morgan fingerprint density at radius 3 is 2.59 bits per heavy atom. The fraction of sp³-hybridized carbons (Fsp3) is 0.786. The molecule has 2 fully saturated rings. The van der Waals surface area contributed by atoms with Crippen LogP contribution < -0.4 is 0 Å². The van der Waals surface area contributed by atoms with E-state index in [0.29, 0.717) is 11.5 Å². The number of carbonyl (C=O) groups is 1. The first-order valence-corrected chi connectivity index (χ1v) is 6.36. The lowest BCUT2D eigenvalue weighted by molar-refractivity contribution is -0.205. The highest BCUT2D eigenvalue weighted by atomic mass is 16.7. The molecular weight excluding hydrogens is 216 g/mol. The van der Waals surface area contributed by atoms with Gasteiger partial charge in [-0.25, -0.2) is 4.79 Å². The molecule has 0 aromatic rings. The van der Waals surface area contributed by atoms with Crippen molar-refractivity contribution in [2.75, 3.05) is 7.11 Å². The van der Waals surface area contributed by atoms with Gasteiger partial charge in [-0.2, -0.15) is 0 Å². The minimum atomic E-state index is -0.429. The Bertz CT molecular complexity index is 336. The van der Waals surface area contributed by atoms with Gasteiger partial charge in [0.1, 0.15) is 0 Å². The molecule has 2 saturated carbocycles. The van der Waals surface area contributed by atoms with Gasteiger partial charge in [-0.1, -0.05) is 19.9 Å². The number of fused-ring (bicyclic) bond motifs is 2. The number of ether oxygens (including phenoxy) is 2. The van der Waals surface area contributed by atoms with Crippen LogP contribution in [0.1, 0.15) is 39.5 Å². The Morgan fingerprint density at radius 2 is 2.18 bits per heavy atom. The average molecular weight is 238 g/mol. The number of hydrogen-bond acceptors (Lipinski definition) is 3. The number of carbonyl (C=O) groups excluding carboxylic acids is 1.